The summed E-state index contributed by atoms with van der Waals surface area (Å²) in [6.07, 6.45) is 1.26. The van der Waals surface area contributed by atoms with Crippen LogP contribution in [0.1, 0.15) is 42.4 Å². The van der Waals surface area contributed by atoms with Crippen molar-refractivity contribution in [2.75, 3.05) is 0 Å². The Balaban J connectivity index is 1.85. The zero-order valence-corrected chi connectivity index (χ0v) is 21.1. The van der Waals surface area contributed by atoms with Gasteiger partial charge in [0.25, 0.3) is 0 Å². The van der Waals surface area contributed by atoms with Crippen molar-refractivity contribution in [1.29, 1.82) is 0 Å². The van der Waals surface area contributed by atoms with E-state index in [1.807, 2.05) is 62.4 Å². The molecule has 5 rings (SSSR count). The third-order valence-electron chi connectivity index (χ3n) is 6.93. The van der Waals surface area contributed by atoms with Crippen LogP contribution in [0.15, 0.2) is 64.6 Å². The second-order valence-electron chi connectivity index (χ2n) is 9.71. The number of nitrogens with zero attached hydrogens (tertiary/aromatic N) is 2. The maximum Gasteiger partial charge on any atom is 0.181 e. The van der Waals surface area contributed by atoms with Crippen LogP contribution in [0.2, 0.25) is 0 Å². The molecule has 0 radical (unpaired) electrons. The van der Waals surface area contributed by atoms with Crippen LogP contribution < -0.4 is 10.4 Å². The number of benzene rings is 3. The van der Waals surface area contributed by atoms with E-state index in [-0.39, 0.29) is 47.3 Å². The SMILES string of the molecule is Cc1ccc(N=C2C(=O)CC/C2=c2/c(O)cc(C)c(O)/c2=C2/CCC(=O)C2=Nc2ccc(C)cc2)cc1. The van der Waals surface area contributed by atoms with Crippen molar-refractivity contribution in [3.8, 4) is 11.5 Å². The number of aliphatic imine (C=N–C) groups is 2. The molecular formula is C31H28N2O4. The lowest BCUT2D eigenvalue weighted by atomic mass is 9.98. The van der Waals surface area contributed by atoms with Crippen LogP contribution in [0.4, 0.5) is 11.4 Å². The molecule has 0 spiro atoms. The van der Waals surface area contributed by atoms with E-state index >= 15 is 0 Å². The molecule has 0 aliphatic heterocycles. The summed E-state index contributed by atoms with van der Waals surface area (Å²) in [7, 11) is 0. The van der Waals surface area contributed by atoms with Crippen LogP contribution in [0.3, 0.4) is 0 Å². The van der Waals surface area contributed by atoms with E-state index in [0.717, 1.165) is 11.1 Å². The normalized spacial score (nSPS) is 20.9. The smallest absolute Gasteiger partial charge is 0.181 e. The van der Waals surface area contributed by atoms with Gasteiger partial charge in [0.05, 0.1) is 11.4 Å². The van der Waals surface area contributed by atoms with Crippen LogP contribution >= 0.6 is 0 Å². The Kier molecular flexibility index (Phi) is 6.34. The number of ketones is 2. The lowest BCUT2D eigenvalue weighted by Gasteiger charge is -2.10. The lowest BCUT2D eigenvalue weighted by Crippen LogP contribution is -2.33. The second kappa shape index (κ2) is 9.62. The van der Waals surface area contributed by atoms with Gasteiger partial charge in [-0.2, -0.15) is 0 Å². The first-order valence-electron chi connectivity index (χ1n) is 12.4. The van der Waals surface area contributed by atoms with Crippen LogP contribution in [0.5, 0.6) is 11.5 Å². The molecule has 2 aliphatic rings. The predicted molar refractivity (Wildman–Crippen MR) is 146 cm³/mol. The van der Waals surface area contributed by atoms with Crippen molar-refractivity contribution in [3.63, 3.8) is 0 Å². The van der Waals surface area contributed by atoms with E-state index in [1.54, 1.807) is 6.92 Å². The summed E-state index contributed by atoms with van der Waals surface area (Å²) in [5.41, 5.74) is 5.58. The van der Waals surface area contributed by atoms with E-state index in [0.29, 0.717) is 51.4 Å². The number of hydrogen-bond acceptors (Lipinski definition) is 6. The molecule has 2 fully saturated rings. The van der Waals surface area contributed by atoms with E-state index in [2.05, 4.69) is 9.98 Å². The molecule has 6 nitrogen and oxygen atoms in total. The summed E-state index contributed by atoms with van der Waals surface area (Å²) in [6, 6.07) is 16.6. The molecule has 3 aromatic carbocycles. The Morgan fingerprint density at radius 2 is 1.05 bits per heavy atom. The third-order valence-corrected chi connectivity index (χ3v) is 6.93. The fourth-order valence-corrected chi connectivity index (χ4v) is 4.92. The highest BCUT2D eigenvalue weighted by atomic mass is 16.3. The van der Waals surface area contributed by atoms with Gasteiger partial charge in [-0.15, -0.1) is 0 Å². The minimum Gasteiger partial charge on any atom is -0.507 e. The summed E-state index contributed by atoms with van der Waals surface area (Å²) >= 11 is 0. The van der Waals surface area contributed by atoms with Crippen molar-refractivity contribution < 1.29 is 19.8 Å². The number of aryl methyl sites for hydroxylation is 3. The van der Waals surface area contributed by atoms with E-state index < -0.39 is 0 Å². The highest BCUT2D eigenvalue weighted by Gasteiger charge is 2.31. The molecule has 2 aliphatic carbocycles. The quantitative estimate of drug-likeness (QED) is 0.511. The molecule has 0 aromatic heterocycles. The molecule has 2 saturated carbocycles. The average Bonchev–Trinajstić information content (AvgIpc) is 3.41. The lowest BCUT2D eigenvalue weighted by molar-refractivity contribution is -0.113. The molecule has 6 heteroatoms. The number of phenolic OH excluding ortho intramolecular Hbond substituents is 2. The molecule has 0 heterocycles. The topological polar surface area (TPSA) is 99.3 Å². The number of carbonyl (C=O) groups excluding carboxylic acids is 2. The number of hydrogen-bond donors (Lipinski definition) is 2. The highest BCUT2D eigenvalue weighted by Crippen LogP contribution is 2.28. The van der Waals surface area contributed by atoms with Crippen molar-refractivity contribution >= 4 is 45.5 Å². The minimum absolute atomic E-state index is 0.0318. The standard InChI is InChI=1S/C31H28N2O4/c1-17-4-8-20(9-5-17)32-29-22(12-14-24(29)34)27-26(36)16-19(3)31(37)28(27)23-13-15-25(35)30(23)33-21-10-6-18(2)7-11-21/h4-11,16,36-37H,12-15H2,1-3H3/b27-22+,28-23-,32-29?,33-30?. The zero-order chi connectivity index (χ0) is 26.3. The fraction of sp³-hybridized carbons (Fsp3) is 0.226. The number of Topliss-reactive ketones (excluding diaryl/α,β-unsaturated/α-hetero) is 2. The molecule has 0 unspecified atom stereocenters. The summed E-state index contributed by atoms with van der Waals surface area (Å²) < 4.78 is 0. The largest absolute Gasteiger partial charge is 0.507 e. The van der Waals surface area contributed by atoms with Crippen LogP contribution in [0.25, 0.3) is 11.1 Å². The van der Waals surface area contributed by atoms with Gasteiger partial charge in [-0.05, 0) is 80.7 Å². The summed E-state index contributed by atoms with van der Waals surface area (Å²) in [5.74, 6) is -0.339. The predicted octanol–water partition coefficient (Wildman–Crippen LogP) is 4.60. The average molecular weight is 493 g/mol. The number of rotatable bonds is 2. The molecule has 3 aromatic rings. The van der Waals surface area contributed by atoms with Gasteiger partial charge in [-0.3, -0.25) is 9.59 Å². The van der Waals surface area contributed by atoms with Crippen LogP contribution in [-0.4, -0.2) is 33.2 Å². The van der Waals surface area contributed by atoms with Crippen molar-refractivity contribution in [2.24, 2.45) is 9.98 Å². The van der Waals surface area contributed by atoms with E-state index in [9.17, 15) is 19.8 Å². The summed E-state index contributed by atoms with van der Waals surface area (Å²) in [6.45, 7) is 5.65. The van der Waals surface area contributed by atoms with Gasteiger partial charge in [-0.25, -0.2) is 9.98 Å². The Bertz CT molecular complexity index is 1630. The number of phenols is 2. The molecule has 0 amide bonds. The molecule has 0 saturated heterocycles. The first-order valence-corrected chi connectivity index (χ1v) is 12.4. The second-order valence-corrected chi connectivity index (χ2v) is 9.71. The van der Waals surface area contributed by atoms with Crippen molar-refractivity contribution in [1.82, 2.24) is 0 Å². The van der Waals surface area contributed by atoms with Gasteiger partial charge < -0.3 is 10.2 Å². The van der Waals surface area contributed by atoms with Crippen molar-refractivity contribution in [2.45, 2.75) is 46.5 Å². The summed E-state index contributed by atoms with van der Waals surface area (Å²) in [4.78, 5) is 35.2. The zero-order valence-electron chi connectivity index (χ0n) is 21.1. The monoisotopic (exact) mass is 492 g/mol. The highest BCUT2D eigenvalue weighted by molar-refractivity contribution is 6.58. The van der Waals surface area contributed by atoms with Gasteiger partial charge in [-0.1, -0.05) is 35.4 Å². The molecule has 0 atom stereocenters. The van der Waals surface area contributed by atoms with Gasteiger partial charge in [0.15, 0.2) is 11.6 Å². The molecule has 0 bridgehead atoms. The minimum atomic E-state index is -0.123. The Morgan fingerprint density at radius 3 is 1.51 bits per heavy atom. The number of carbonyl (C=O) groups is 2. The van der Waals surface area contributed by atoms with Gasteiger partial charge in [0, 0.05) is 23.3 Å². The molecule has 37 heavy (non-hydrogen) atoms. The maximum atomic E-state index is 12.9. The fourth-order valence-electron chi connectivity index (χ4n) is 4.92. The Morgan fingerprint density at radius 1 is 0.622 bits per heavy atom. The molecular weight excluding hydrogens is 464 g/mol. The Hall–Kier alpha value is -4.32. The third kappa shape index (κ3) is 4.62. The van der Waals surface area contributed by atoms with Crippen molar-refractivity contribution in [3.05, 3.63) is 81.7 Å². The molecule has 186 valence electrons. The number of aromatic hydroxyl groups is 2. The van der Waals surface area contributed by atoms with E-state index in [1.165, 1.54) is 6.07 Å². The van der Waals surface area contributed by atoms with Gasteiger partial charge >= 0.3 is 0 Å². The van der Waals surface area contributed by atoms with Crippen LogP contribution in [-0.2, 0) is 9.59 Å². The summed E-state index contributed by atoms with van der Waals surface area (Å²) in [5, 5.41) is 23.1. The maximum absolute atomic E-state index is 12.9. The Labute approximate surface area is 215 Å². The van der Waals surface area contributed by atoms with E-state index in [4.69, 9.17) is 0 Å². The first-order chi connectivity index (χ1) is 17.7. The molecule has 2 N–H and O–H groups in total. The van der Waals surface area contributed by atoms with Crippen LogP contribution in [0, 0.1) is 20.8 Å². The first kappa shape index (κ1) is 24.4. The van der Waals surface area contributed by atoms with Gasteiger partial charge in [0.2, 0.25) is 0 Å². The van der Waals surface area contributed by atoms with Gasteiger partial charge in [0.1, 0.15) is 22.9 Å².